The first-order valence-electron chi connectivity index (χ1n) is 14.2. The molecular weight excluding hydrogens is 576 g/mol. The molecule has 0 saturated carbocycles. The minimum absolute atomic E-state index is 0.138. The Morgan fingerprint density at radius 2 is 1.67 bits per heavy atom. The Balaban J connectivity index is 1.66. The van der Waals surface area contributed by atoms with E-state index in [1.165, 1.54) is 31.5 Å². The average Bonchev–Trinajstić information content (AvgIpc) is 3.22. The van der Waals surface area contributed by atoms with E-state index in [0.29, 0.717) is 41.2 Å². The second-order valence-electron chi connectivity index (χ2n) is 10.8. The van der Waals surface area contributed by atoms with E-state index in [2.05, 4.69) is 10.6 Å². The lowest BCUT2D eigenvalue weighted by Crippen LogP contribution is -2.53. The van der Waals surface area contributed by atoms with Crippen molar-refractivity contribution >= 4 is 27.5 Å². The summed E-state index contributed by atoms with van der Waals surface area (Å²) in [5, 5.41) is 5.42. The van der Waals surface area contributed by atoms with Gasteiger partial charge in [0.15, 0.2) is 11.5 Å². The Kier molecular flexibility index (Phi) is 9.86. The summed E-state index contributed by atoms with van der Waals surface area (Å²) in [6, 6.07) is 6.33. The number of nitrogens with zero attached hydrogens (tertiary/aromatic N) is 2. The van der Waals surface area contributed by atoms with Gasteiger partial charge < -0.3 is 29.7 Å². The molecule has 1 saturated heterocycles. The summed E-state index contributed by atoms with van der Waals surface area (Å²) >= 11 is 0. The number of fused-ring (bicyclic) bond motifs is 3. The highest BCUT2D eigenvalue weighted by atomic mass is 32.2. The van der Waals surface area contributed by atoms with Crippen molar-refractivity contribution in [2.75, 3.05) is 59.4 Å². The van der Waals surface area contributed by atoms with Crippen LogP contribution in [0.5, 0.6) is 17.2 Å². The minimum Gasteiger partial charge on any atom is -0.493 e. The predicted octanol–water partition coefficient (Wildman–Crippen LogP) is 2.16. The van der Waals surface area contributed by atoms with Gasteiger partial charge in [-0.2, -0.15) is 4.31 Å². The van der Waals surface area contributed by atoms with Gasteiger partial charge in [0.2, 0.25) is 33.0 Å². The number of nitrogens with one attached hydrogen (secondary N) is 2. The third-order valence-corrected chi connectivity index (χ3v) is 10.2. The zero-order valence-corrected chi connectivity index (χ0v) is 26.3. The zero-order valence-electron chi connectivity index (χ0n) is 25.5. The average molecular weight is 617 g/mol. The van der Waals surface area contributed by atoms with Gasteiger partial charge >= 0.3 is 0 Å². The highest BCUT2D eigenvalue weighted by Crippen LogP contribution is 2.50. The Labute approximate surface area is 252 Å². The number of benzene rings is 1. The predicted molar refractivity (Wildman–Crippen MR) is 163 cm³/mol. The highest BCUT2D eigenvalue weighted by molar-refractivity contribution is 7.89. The van der Waals surface area contributed by atoms with Crippen molar-refractivity contribution in [3.63, 3.8) is 0 Å². The van der Waals surface area contributed by atoms with Crippen LogP contribution in [0.2, 0.25) is 0 Å². The fourth-order valence-electron chi connectivity index (χ4n) is 5.63. The number of hydrogen-bond acceptors (Lipinski definition) is 9. The van der Waals surface area contributed by atoms with E-state index < -0.39 is 21.3 Å². The molecule has 1 atom stereocenters. The SMILES string of the molecule is COc1cc2c(c(OC)c1OC)-c1ccc(NCC(=O)N3CCN(S(=O)(=O)C(C)C)CC3)c(=O)cc1[C@H](NC(C)=O)CC2. The fraction of sp³-hybridized carbons (Fsp3) is 0.500. The number of ether oxygens (including phenoxy) is 3. The van der Waals surface area contributed by atoms with Gasteiger partial charge in [-0.25, -0.2) is 8.42 Å². The van der Waals surface area contributed by atoms with E-state index in [1.807, 2.05) is 6.07 Å². The van der Waals surface area contributed by atoms with Crippen LogP contribution < -0.4 is 30.3 Å². The van der Waals surface area contributed by atoms with E-state index in [4.69, 9.17) is 14.2 Å². The van der Waals surface area contributed by atoms with Crippen molar-refractivity contribution in [3.05, 3.63) is 45.6 Å². The third kappa shape index (κ3) is 6.57. The summed E-state index contributed by atoms with van der Waals surface area (Å²) in [5.74, 6) is 0.892. The lowest BCUT2D eigenvalue weighted by molar-refractivity contribution is -0.130. The molecule has 2 aromatic rings. The molecule has 2 amide bonds. The topological polar surface area (TPSA) is 144 Å². The van der Waals surface area contributed by atoms with Crippen LogP contribution in [0.3, 0.4) is 0 Å². The molecule has 1 aliphatic carbocycles. The standard InChI is InChI=1S/C30H40N4O8S/c1-18(2)43(38,39)34-13-11-33(12-14-34)27(37)17-31-24-10-8-21-22(16-25(24)36)23(32-19(3)35)9-7-20-15-26(40-4)29(41-5)30(42-6)28(20)21/h8,10,15-16,18,23H,7,9,11-14,17H2,1-6H3,(H,31,36)(H,32,35)/t23-/m1/s1. The minimum atomic E-state index is -3.39. The monoisotopic (exact) mass is 616 g/mol. The van der Waals surface area contributed by atoms with Crippen molar-refractivity contribution in [1.29, 1.82) is 0 Å². The molecular formula is C30H40N4O8S. The molecule has 4 rings (SSSR count). The Bertz CT molecular complexity index is 1550. The summed E-state index contributed by atoms with van der Waals surface area (Å²) in [5.41, 5.74) is 2.81. The van der Waals surface area contributed by atoms with Crippen LogP contribution >= 0.6 is 0 Å². The van der Waals surface area contributed by atoms with Gasteiger partial charge in [0.05, 0.1) is 44.9 Å². The second-order valence-corrected chi connectivity index (χ2v) is 13.3. The van der Waals surface area contributed by atoms with Crippen LogP contribution in [0.15, 0.2) is 29.1 Å². The van der Waals surface area contributed by atoms with Gasteiger partial charge in [0.1, 0.15) is 0 Å². The molecule has 0 spiro atoms. The number of amides is 2. The molecule has 0 bridgehead atoms. The number of methoxy groups -OCH3 is 3. The van der Waals surface area contributed by atoms with Crippen LogP contribution in [-0.4, -0.2) is 88.7 Å². The van der Waals surface area contributed by atoms with Crippen molar-refractivity contribution in [3.8, 4) is 28.4 Å². The van der Waals surface area contributed by atoms with Gasteiger partial charge in [0.25, 0.3) is 0 Å². The molecule has 2 N–H and O–H groups in total. The number of carbonyl (C=O) groups is 2. The normalized spacial score (nSPS) is 16.9. The maximum Gasteiger partial charge on any atom is 0.241 e. The molecule has 1 aliphatic heterocycles. The van der Waals surface area contributed by atoms with E-state index in [0.717, 1.165) is 11.1 Å². The highest BCUT2D eigenvalue weighted by Gasteiger charge is 2.32. The summed E-state index contributed by atoms with van der Waals surface area (Å²) in [7, 11) is 1.21. The van der Waals surface area contributed by atoms with E-state index in [-0.39, 0.29) is 55.7 Å². The number of piperazine rings is 1. The summed E-state index contributed by atoms with van der Waals surface area (Å²) in [6.45, 7) is 5.57. The molecule has 2 aromatic carbocycles. The number of sulfonamides is 1. The maximum absolute atomic E-state index is 13.5. The molecule has 1 fully saturated rings. The third-order valence-electron chi connectivity index (χ3n) is 7.89. The molecule has 1 heterocycles. The molecule has 43 heavy (non-hydrogen) atoms. The van der Waals surface area contributed by atoms with Crippen molar-refractivity contribution in [2.24, 2.45) is 0 Å². The van der Waals surface area contributed by atoms with Gasteiger partial charge in [-0.1, -0.05) is 6.07 Å². The van der Waals surface area contributed by atoms with Gasteiger partial charge in [0, 0.05) is 38.7 Å². The van der Waals surface area contributed by atoms with Crippen LogP contribution in [0.1, 0.15) is 44.4 Å². The maximum atomic E-state index is 13.5. The molecule has 234 valence electrons. The van der Waals surface area contributed by atoms with Gasteiger partial charge in [-0.05, 0) is 61.6 Å². The number of rotatable bonds is 9. The zero-order chi connectivity index (χ0) is 31.5. The van der Waals surface area contributed by atoms with Crippen LogP contribution in [0.4, 0.5) is 5.69 Å². The molecule has 0 aromatic heterocycles. The first kappa shape index (κ1) is 32.1. The molecule has 0 radical (unpaired) electrons. The van der Waals surface area contributed by atoms with E-state index in [9.17, 15) is 22.8 Å². The number of aryl methyl sites for hydroxylation is 1. The van der Waals surface area contributed by atoms with Crippen molar-refractivity contribution in [1.82, 2.24) is 14.5 Å². The fourth-order valence-corrected chi connectivity index (χ4v) is 6.90. The van der Waals surface area contributed by atoms with Crippen LogP contribution in [-0.2, 0) is 26.0 Å². The quantitative estimate of drug-likeness (QED) is 0.433. The van der Waals surface area contributed by atoms with Crippen LogP contribution in [0.25, 0.3) is 11.1 Å². The summed E-state index contributed by atoms with van der Waals surface area (Å²) in [6.07, 6.45) is 1.11. The number of anilines is 1. The van der Waals surface area contributed by atoms with Crippen molar-refractivity contribution < 1.29 is 32.2 Å². The van der Waals surface area contributed by atoms with E-state index >= 15 is 0 Å². The smallest absolute Gasteiger partial charge is 0.241 e. The Morgan fingerprint density at radius 1 is 1.00 bits per heavy atom. The molecule has 12 nitrogen and oxygen atoms in total. The first-order valence-corrected chi connectivity index (χ1v) is 15.7. The number of hydrogen-bond donors (Lipinski definition) is 2. The van der Waals surface area contributed by atoms with Crippen molar-refractivity contribution in [2.45, 2.75) is 44.9 Å². The number of carbonyl (C=O) groups excluding carboxylic acids is 2. The summed E-state index contributed by atoms with van der Waals surface area (Å²) < 4.78 is 43.3. The molecule has 2 aliphatic rings. The largest absolute Gasteiger partial charge is 0.493 e. The van der Waals surface area contributed by atoms with Gasteiger partial charge in [-0.3, -0.25) is 14.4 Å². The Hall–Kier alpha value is -3.84. The lowest BCUT2D eigenvalue weighted by Gasteiger charge is -2.35. The first-order chi connectivity index (χ1) is 20.4. The van der Waals surface area contributed by atoms with Gasteiger partial charge in [-0.15, -0.1) is 0 Å². The Morgan fingerprint density at radius 3 is 2.26 bits per heavy atom. The lowest BCUT2D eigenvalue weighted by atomic mass is 9.95. The van der Waals surface area contributed by atoms with E-state index in [1.54, 1.807) is 38.0 Å². The molecule has 13 heteroatoms. The van der Waals surface area contributed by atoms with Crippen LogP contribution in [0, 0.1) is 0 Å². The molecule has 0 unspecified atom stereocenters. The second kappa shape index (κ2) is 13.2. The summed E-state index contributed by atoms with van der Waals surface area (Å²) in [4.78, 5) is 40.2.